The molecule has 0 radical (unpaired) electrons. The molecule has 3 heteroatoms. The molecule has 0 aliphatic carbocycles. The first-order valence-electron chi connectivity index (χ1n) is 5.31. The van der Waals surface area contributed by atoms with Gasteiger partial charge in [-0.1, -0.05) is 18.2 Å². The van der Waals surface area contributed by atoms with E-state index in [1.807, 2.05) is 19.1 Å². The molecule has 1 saturated heterocycles. The number of hydrogen-bond donors (Lipinski definition) is 1. The van der Waals surface area contributed by atoms with Crippen LogP contribution in [0.4, 0.5) is 5.69 Å². The van der Waals surface area contributed by atoms with Crippen LogP contribution in [0.3, 0.4) is 0 Å². The summed E-state index contributed by atoms with van der Waals surface area (Å²) in [7, 11) is 0. The highest BCUT2D eigenvalue weighted by Crippen LogP contribution is 2.50. The van der Waals surface area contributed by atoms with Gasteiger partial charge >= 0.3 is 0 Å². The third-order valence-corrected chi connectivity index (χ3v) is 3.59. The second kappa shape index (κ2) is 2.74. The summed E-state index contributed by atoms with van der Waals surface area (Å²) in [6.45, 7) is 5.44. The Bertz CT molecular complexity index is 406. The van der Waals surface area contributed by atoms with Crippen LogP contribution >= 0.6 is 0 Å². The Morgan fingerprint density at radius 1 is 1.13 bits per heavy atom. The van der Waals surface area contributed by atoms with Crippen LogP contribution in [-0.2, 0) is 15.1 Å². The average Bonchev–Trinajstić information content (AvgIpc) is 2.47. The summed E-state index contributed by atoms with van der Waals surface area (Å²) in [5.74, 6) is 0. The number of hydrogen-bond acceptors (Lipinski definition) is 3. The lowest BCUT2D eigenvalue weighted by atomic mass is 9.88. The fraction of sp³-hybridized carbons (Fsp3) is 0.500. The highest BCUT2D eigenvalue weighted by atomic mass is 16.6. The second-order valence-corrected chi connectivity index (χ2v) is 4.43. The van der Waals surface area contributed by atoms with Gasteiger partial charge in [-0.2, -0.15) is 0 Å². The van der Waals surface area contributed by atoms with Crippen molar-refractivity contribution in [1.29, 1.82) is 0 Å². The third-order valence-electron chi connectivity index (χ3n) is 3.59. The van der Waals surface area contributed by atoms with Gasteiger partial charge in [0.25, 0.3) is 0 Å². The summed E-state index contributed by atoms with van der Waals surface area (Å²) in [6.07, 6.45) is 0. The molecule has 2 aliphatic heterocycles. The highest BCUT2D eigenvalue weighted by Gasteiger charge is 2.56. The van der Waals surface area contributed by atoms with Crippen LogP contribution in [0.5, 0.6) is 0 Å². The Balaban J connectivity index is 2.17. The van der Waals surface area contributed by atoms with Gasteiger partial charge in [0.15, 0.2) is 5.72 Å². The molecule has 0 amide bonds. The van der Waals surface area contributed by atoms with E-state index in [2.05, 4.69) is 24.4 Å². The third kappa shape index (κ3) is 1.02. The standard InChI is InChI=1S/C12H15NO2/c1-11-9-5-3-4-6-10(9)13-12(11,2)15-8-7-14-11/h3-6,13H,7-8H2,1-2H3/t11-,12-/m0/s1. The zero-order valence-corrected chi connectivity index (χ0v) is 9.04. The second-order valence-electron chi connectivity index (χ2n) is 4.43. The van der Waals surface area contributed by atoms with E-state index in [0.29, 0.717) is 13.2 Å². The molecule has 1 aromatic rings. The molecule has 0 bridgehead atoms. The first kappa shape index (κ1) is 9.19. The van der Waals surface area contributed by atoms with Crippen LogP contribution < -0.4 is 5.32 Å². The fourth-order valence-corrected chi connectivity index (χ4v) is 2.52. The highest BCUT2D eigenvalue weighted by molar-refractivity contribution is 5.62. The van der Waals surface area contributed by atoms with Crippen LogP contribution in [0.25, 0.3) is 0 Å². The zero-order valence-electron chi connectivity index (χ0n) is 9.04. The SMILES string of the molecule is C[C@@]12Nc3ccccc3[C@]1(C)OCCO2. The van der Waals surface area contributed by atoms with Gasteiger partial charge in [0.1, 0.15) is 5.60 Å². The molecule has 0 unspecified atom stereocenters. The first-order chi connectivity index (χ1) is 7.16. The summed E-state index contributed by atoms with van der Waals surface area (Å²) in [5, 5.41) is 3.41. The van der Waals surface area contributed by atoms with E-state index in [1.54, 1.807) is 0 Å². The predicted octanol–water partition coefficient (Wildman–Crippen LogP) is 2.09. The van der Waals surface area contributed by atoms with Crippen molar-refractivity contribution in [2.24, 2.45) is 0 Å². The molecular formula is C12H15NO2. The number of fused-ring (bicyclic) bond motifs is 3. The Labute approximate surface area is 89.4 Å². The topological polar surface area (TPSA) is 30.5 Å². The molecule has 1 aromatic carbocycles. The minimum absolute atomic E-state index is 0.373. The zero-order chi connectivity index (χ0) is 10.5. The number of nitrogens with one attached hydrogen (secondary N) is 1. The quantitative estimate of drug-likeness (QED) is 0.703. The van der Waals surface area contributed by atoms with E-state index in [4.69, 9.17) is 9.47 Å². The van der Waals surface area contributed by atoms with Gasteiger partial charge < -0.3 is 14.8 Å². The summed E-state index contributed by atoms with van der Waals surface area (Å²) in [5.41, 5.74) is 1.49. The number of para-hydroxylation sites is 1. The molecule has 2 heterocycles. The van der Waals surface area contributed by atoms with Gasteiger partial charge in [-0.15, -0.1) is 0 Å². The lowest BCUT2D eigenvalue weighted by Crippen LogP contribution is -2.56. The Morgan fingerprint density at radius 2 is 1.87 bits per heavy atom. The maximum Gasteiger partial charge on any atom is 0.169 e. The van der Waals surface area contributed by atoms with Crippen molar-refractivity contribution in [2.45, 2.75) is 25.2 Å². The Hall–Kier alpha value is -1.06. The minimum Gasteiger partial charge on any atom is -0.363 e. The van der Waals surface area contributed by atoms with Crippen molar-refractivity contribution in [1.82, 2.24) is 0 Å². The molecule has 0 spiro atoms. The average molecular weight is 205 g/mol. The minimum atomic E-state index is -0.436. The van der Waals surface area contributed by atoms with Crippen molar-refractivity contribution in [2.75, 3.05) is 18.5 Å². The van der Waals surface area contributed by atoms with E-state index in [-0.39, 0.29) is 5.60 Å². The van der Waals surface area contributed by atoms with E-state index < -0.39 is 5.72 Å². The monoisotopic (exact) mass is 205 g/mol. The lowest BCUT2D eigenvalue weighted by molar-refractivity contribution is -0.233. The molecule has 3 rings (SSSR count). The number of rotatable bonds is 0. The lowest BCUT2D eigenvalue weighted by Gasteiger charge is -2.44. The molecule has 1 N–H and O–H groups in total. The van der Waals surface area contributed by atoms with Gasteiger partial charge in [0.05, 0.1) is 13.2 Å². The van der Waals surface area contributed by atoms with E-state index in [0.717, 1.165) is 5.69 Å². The summed E-state index contributed by atoms with van der Waals surface area (Å²) >= 11 is 0. The first-order valence-corrected chi connectivity index (χ1v) is 5.31. The van der Waals surface area contributed by atoms with E-state index in [1.165, 1.54) is 5.56 Å². The molecular weight excluding hydrogens is 190 g/mol. The number of anilines is 1. The van der Waals surface area contributed by atoms with Gasteiger partial charge in [-0.05, 0) is 19.9 Å². The van der Waals surface area contributed by atoms with E-state index in [9.17, 15) is 0 Å². The summed E-state index contributed by atoms with van der Waals surface area (Å²) in [4.78, 5) is 0. The maximum atomic E-state index is 5.93. The molecule has 0 aromatic heterocycles. The molecule has 2 aliphatic rings. The van der Waals surface area contributed by atoms with Gasteiger partial charge in [0.2, 0.25) is 0 Å². The Morgan fingerprint density at radius 3 is 2.73 bits per heavy atom. The molecule has 2 atom stereocenters. The summed E-state index contributed by atoms with van der Waals surface area (Å²) in [6, 6.07) is 8.23. The van der Waals surface area contributed by atoms with Crippen LogP contribution in [0.1, 0.15) is 19.4 Å². The number of ether oxygens (including phenoxy) is 2. The fourth-order valence-electron chi connectivity index (χ4n) is 2.52. The normalized spacial score (nSPS) is 38.0. The van der Waals surface area contributed by atoms with Crippen LogP contribution in [0.2, 0.25) is 0 Å². The predicted molar refractivity (Wildman–Crippen MR) is 57.7 cm³/mol. The van der Waals surface area contributed by atoms with Crippen molar-refractivity contribution in [3.8, 4) is 0 Å². The van der Waals surface area contributed by atoms with Crippen molar-refractivity contribution in [3.63, 3.8) is 0 Å². The molecule has 3 nitrogen and oxygen atoms in total. The molecule has 0 saturated carbocycles. The Kier molecular flexibility index (Phi) is 1.68. The van der Waals surface area contributed by atoms with E-state index >= 15 is 0 Å². The molecule has 80 valence electrons. The maximum absolute atomic E-state index is 5.93. The van der Waals surface area contributed by atoms with Crippen molar-refractivity contribution in [3.05, 3.63) is 29.8 Å². The van der Waals surface area contributed by atoms with Crippen LogP contribution in [-0.4, -0.2) is 18.9 Å². The van der Waals surface area contributed by atoms with Gasteiger partial charge in [0, 0.05) is 11.3 Å². The van der Waals surface area contributed by atoms with Gasteiger partial charge in [-0.3, -0.25) is 0 Å². The molecule has 15 heavy (non-hydrogen) atoms. The molecule has 1 fully saturated rings. The smallest absolute Gasteiger partial charge is 0.169 e. The van der Waals surface area contributed by atoms with Crippen LogP contribution in [0.15, 0.2) is 24.3 Å². The largest absolute Gasteiger partial charge is 0.363 e. The van der Waals surface area contributed by atoms with Crippen LogP contribution in [0, 0.1) is 0 Å². The van der Waals surface area contributed by atoms with Crippen molar-refractivity contribution >= 4 is 5.69 Å². The summed E-state index contributed by atoms with van der Waals surface area (Å²) < 4.78 is 11.8. The number of benzene rings is 1. The van der Waals surface area contributed by atoms with Gasteiger partial charge in [-0.25, -0.2) is 0 Å². The van der Waals surface area contributed by atoms with Crippen molar-refractivity contribution < 1.29 is 9.47 Å².